The summed E-state index contributed by atoms with van der Waals surface area (Å²) in [6.45, 7) is 1.59. The summed E-state index contributed by atoms with van der Waals surface area (Å²) < 4.78 is 4.89. The van der Waals surface area contributed by atoms with E-state index in [9.17, 15) is 19.5 Å². The SMILES string of the molecule is CCOC(=O)[C@](O)(C(=O)c1ccc(Cl)cc1)[C@@H]1CCCCC1=O. The molecule has 1 fully saturated rings. The Morgan fingerprint density at radius 2 is 1.96 bits per heavy atom. The van der Waals surface area contributed by atoms with Gasteiger partial charge in [-0.3, -0.25) is 9.59 Å². The minimum absolute atomic E-state index is 0.00987. The second-order valence-corrected chi connectivity index (χ2v) is 6.02. The lowest BCUT2D eigenvalue weighted by Crippen LogP contribution is -2.56. The van der Waals surface area contributed by atoms with Crippen molar-refractivity contribution >= 4 is 29.1 Å². The molecule has 0 unspecified atom stereocenters. The van der Waals surface area contributed by atoms with Crippen molar-refractivity contribution < 1.29 is 24.2 Å². The lowest BCUT2D eigenvalue weighted by Gasteiger charge is -2.33. The summed E-state index contributed by atoms with van der Waals surface area (Å²) in [4.78, 5) is 37.3. The summed E-state index contributed by atoms with van der Waals surface area (Å²) in [5.41, 5.74) is -2.37. The van der Waals surface area contributed by atoms with Gasteiger partial charge in [-0.15, -0.1) is 0 Å². The quantitative estimate of drug-likeness (QED) is 0.507. The van der Waals surface area contributed by atoms with Crippen LogP contribution in [-0.2, 0) is 14.3 Å². The molecule has 0 heterocycles. The minimum atomic E-state index is -2.48. The van der Waals surface area contributed by atoms with Crippen molar-refractivity contribution in [2.24, 2.45) is 5.92 Å². The number of Topliss-reactive ketones (excluding diaryl/α,β-unsaturated/α-hetero) is 2. The number of ketones is 2. The molecule has 0 amide bonds. The first-order valence-electron chi connectivity index (χ1n) is 7.64. The number of hydrogen-bond acceptors (Lipinski definition) is 5. The zero-order valence-corrected chi connectivity index (χ0v) is 13.6. The normalized spacial score (nSPS) is 20.7. The van der Waals surface area contributed by atoms with Gasteiger partial charge in [0.25, 0.3) is 0 Å². The van der Waals surface area contributed by atoms with E-state index in [1.165, 1.54) is 24.3 Å². The van der Waals surface area contributed by atoms with Gasteiger partial charge in [-0.05, 0) is 44.0 Å². The van der Waals surface area contributed by atoms with E-state index >= 15 is 0 Å². The summed E-state index contributed by atoms with van der Waals surface area (Å²) in [5.74, 6) is -3.25. The molecule has 124 valence electrons. The highest BCUT2D eigenvalue weighted by molar-refractivity contribution is 6.30. The number of aliphatic hydroxyl groups is 1. The average Bonchev–Trinajstić information content (AvgIpc) is 2.55. The third kappa shape index (κ3) is 3.46. The van der Waals surface area contributed by atoms with Gasteiger partial charge >= 0.3 is 5.97 Å². The number of carbonyl (C=O) groups is 3. The van der Waals surface area contributed by atoms with Crippen LogP contribution in [0.4, 0.5) is 0 Å². The van der Waals surface area contributed by atoms with Crippen molar-refractivity contribution in [3.05, 3.63) is 34.9 Å². The maximum absolute atomic E-state index is 12.8. The Balaban J connectivity index is 2.43. The zero-order chi connectivity index (χ0) is 17.0. The number of benzene rings is 1. The molecule has 0 radical (unpaired) electrons. The van der Waals surface area contributed by atoms with E-state index in [0.29, 0.717) is 17.9 Å². The first-order chi connectivity index (χ1) is 10.9. The Hall–Kier alpha value is -1.72. The van der Waals surface area contributed by atoms with E-state index in [-0.39, 0.29) is 30.8 Å². The number of hydrogen-bond donors (Lipinski definition) is 1. The van der Waals surface area contributed by atoms with Crippen molar-refractivity contribution in [3.63, 3.8) is 0 Å². The van der Waals surface area contributed by atoms with Gasteiger partial charge in [-0.1, -0.05) is 18.0 Å². The first kappa shape index (κ1) is 17.6. The lowest BCUT2D eigenvalue weighted by molar-refractivity contribution is -0.168. The molecule has 1 aliphatic rings. The van der Waals surface area contributed by atoms with Crippen molar-refractivity contribution in [1.29, 1.82) is 0 Å². The Morgan fingerprint density at radius 1 is 1.30 bits per heavy atom. The predicted octanol–water partition coefficient (Wildman–Crippen LogP) is 2.58. The first-order valence-corrected chi connectivity index (χ1v) is 8.01. The molecule has 0 bridgehead atoms. The van der Waals surface area contributed by atoms with Gasteiger partial charge in [-0.2, -0.15) is 0 Å². The summed E-state index contributed by atoms with van der Waals surface area (Å²) in [6, 6.07) is 5.82. The summed E-state index contributed by atoms with van der Waals surface area (Å²) in [7, 11) is 0. The Bertz CT molecular complexity index is 610. The van der Waals surface area contributed by atoms with E-state index in [1.54, 1.807) is 6.92 Å². The van der Waals surface area contributed by atoms with Gasteiger partial charge in [0, 0.05) is 17.0 Å². The summed E-state index contributed by atoms with van der Waals surface area (Å²) in [5, 5.41) is 11.3. The largest absolute Gasteiger partial charge is 0.463 e. The Labute approximate surface area is 139 Å². The van der Waals surface area contributed by atoms with Crippen LogP contribution < -0.4 is 0 Å². The van der Waals surface area contributed by atoms with Crippen molar-refractivity contribution in [3.8, 4) is 0 Å². The summed E-state index contributed by atoms with van der Waals surface area (Å²) in [6.07, 6.45) is 1.91. The van der Waals surface area contributed by atoms with Crippen molar-refractivity contribution in [2.45, 2.75) is 38.2 Å². The van der Waals surface area contributed by atoms with Crippen LogP contribution in [0.5, 0.6) is 0 Å². The third-order valence-electron chi connectivity index (χ3n) is 4.10. The molecule has 6 heteroatoms. The third-order valence-corrected chi connectivity index (χ3v) is 4.35. The van der Waals surface area contributed by atoms with Gasteiger partial charge in [0.05, 0.1) is 12.5 Å². The molecule has 1 saturated carbocycles. The van der Waals surface area contributed by atoms with Crippen LogP contribution in [0.2, 0.25) is 5.02 Å². The van der Waals surface area contributed by atoms with E-state index in [4.69, 9.17) is 16.3 Å². The Kier molecular flexibility index (Phi) is 5.55. The fourth-order valence-electron chi connectivity index (χ4n) is 2.88. The molecule has 2 rings (SSSR count). The van der Waals surface area contributed by atoms with E-state index in [0.717, 1.165) is 0 Å². The van der Waals surface area contributed by atoms with Crippen LogP contribution >= 0.6 is 11.6 Å². The van der Waals surface area contributed by atoms with Crippen molar-refractivity contribution in [1.82, 2.24) is 0 Å². The molecular weight excluding hydrogens is 320 g/mol. The molecule has 0 aromatic heterocycles. The number of rotatable bonds is 5. The Morgan fingerprint density at radius 3 is 2.52 bits per heavy atom. The highest BCUT2D eigenvalue weighted by Gasteiger charge is 2.55. The van der Waals surface area contributed by atoms with Crippen LogP contribution in [0.25, 0.3) is 0 Å². The molecule has 1 aliphatic carbocycles. The highest BCUT2D eigenvalue weighted by atomic mass is 35.5. The zero-order valence-electron chi connectivity index (χ0n) is 12.9. The average molecular weight is 339 g/mol. The van der Waals surface area contributed by atoms with Crippen LogP contribution in [-0.4, -0.2) is 34.9 Å². The van der Waals surface area contributed by atoms with E-state index < -0.39 is 23.3 Å². The summed E-state index contributed by atoms with van der Waals surface area (Å²) >= 11 is 5.80. The lowest BCUT2D eigenvalue weighted by atomic mass is 9.72. The van der Waals surface area contributed by atoms with Crippen molar-refractivity contribution in [2.75, 3.05) is 6.61 Å². The minimum Gasteiger partial charge on any atom is -0.463 e. The monoisotopic (exact) mass is 338 g/mol. The second-order valence-electron chi connectivity index (χ2n) is 5.59. The van der Waals surface area contributed by atoms with Gasteiger partial charge in [0.1, 0.15) is 5.78 Å². The molecule has 0 aliphatic heterocycles. The van der Waals surface area contributed by atoms with E-state index in [1.807, 2.05) is 0 Å². The molecule has 1 aromatic carbocycles. The smallest absolute Gasteiger partial charge is 0.347 e. The van der Waals surface area contributed by atoms with Crippen LogP contribution in [0.1, 0.15) is 43.0 Å². The molecular formula is C17H19ClO5. The van der Waals surface area contributed by atoms with Gasteiger partial charge < -0.3 is 9.84 Å². The fraction of sp³-hybridized carbons (Fsp3) is 0.471. The fourth-order valence-corrected chi connectivity index (χ4v) is 3.01. The maximum Gasteiger partial charge on any atom is 0.347 e. The van der Waals surface area contributed by atoms with Gasteiger partial charge in [0.15, 0.2) is 0 Å². The standard InChI is InChI=1S/C17H19ClO5/c1-2-23-16(21)17(22,13-5-3-4-6-14(13)19)15(20)11-7-9-12(18)10-8-11/h7-10,13,22H,2-6H2,1H3/t13-,17-/m1/s1. The maximum atomic E-state index is 12.8. The number of esters is 1. The number of ether oxygens (including phenoxy) is 1. The molecule has 0 spiro atoms. The van der Waals surface area contributed by atoms with Gasteiger partial charge in [-0.25, -0.2) is 4.79 Å². The molecule has 5 nitrogen and oxygen atoms in total. The molecule has 1 aromatic rings. The number of halogens is 1. The highest BCUT2D eigenvalue weighted by Crippen LogP contribution is 2.34. The topological polar surface area (TPSA) is 80.7 Å². The second kappa shape index (κ2) is 7.23. The van der Waals surface area contributed by atoms with Crippen LogP contribution in [0, 0.1) is 5.92 Å². The molecule has 1 N–H and O–H groups in total. The van der Waals surface area contributed by atoms with Crippen LogP contribution in [0.15, 0.2) is 24.3 Å². The number of carbonyl (C=O) groups excluding carboxylic acids is 3. The molecule has 2 atom stereocenters. The van der Waals surface area contributed by atoms with Gasteiger partial charge in [0.2, 0.25) is 11.4 Å². The van der Waals surface area contributed by atoms with Crippen LogP contribution in [0.3, 0.4) is 0 Å². The molecule has 0 saturated heterocycles. The molecule has 23 heavy (non-hydrogen) atoms. The van der Waals surface area contributed by atoms with E-state index in [2.05, 4.69) is 0 Å². The predicted molar refractivity (Wildman–Crippen MR) is 84.3 cm³/mol.